The van der Waals surface area contributed by atoms with E-state index in [1.807, 2.05) is 18.2 Å². The van der Waals surface area contributed by atoms with E-state index in [2.05, 4.69) is 21.2 Å². The first kappa shape index (κ1) is 27.1. The zero-order valence-corrected chi connectivity index (χ0v) is 23.0. The lowest BCUT2D eigenvalue weighted by molar-refractivity contribution is -0.968. The number of carbonyl (C=O) groups excluding carboxylic acids is 1. The van der Waals surface area contributed by atoms with Crippen molar-refractivity contribution in [2.75, 3.05) is 33.3 Å². The molecule has 2 aromatic carbocycles. The molecule has 9 heteroatoms. The number of para-hydroxylation sites is 1. The minimum Gasteiger partial charge on any atom is -0.465 e. The number of nitrogens with zero attached hydrogens (tertiary/aromatic N) is 2. The molecule has 38 heavy (non-hydrogen) atoms. The molecular weight excluding hydrogens is 559 g/mol. The highest BCUT2D eigenvalue weighted by Crippen LogP contribution is 2.40. The van der Waals surface area contributed by atoms with Crippen LogP contribution in [0, 0.1) is 0 Å². The third-order valence-electron chi connectivity index (χ3n) is 8.18. The highest BCUT2D eigenvalue weighted by atomic mass is 79.9. The van der Waals surface area contributed by atoms with Crippen LogP contribution in [-0.2, 0) is 17.5 Å². The van der Waals surface area contributed by atoms with Crippen molar-refractivity contribution in [1.82, 2.24) is 10.3 Å². The number of benzene rings is 2. The molecule has 0 aliphatic carbocycles. The van der Waals surface area contributed by atoms with Gasteiger partial charge in [0.2, 0.25) is 0 Å². The van der Waals surface area contributed by atoms with Gasteiger partial charge < -0.3 is 14.5 Å². The summed E-state index contributed by atoms with van der Waals surface area (Å²) in [4.78, 5) is 18.4. The van der Waals surface area contributed by atoms with Gasteiger partial charge in [-0.05, 0) is 53.4 Å². The van der Waals surface area contributed by atoms with Gasteiger partial charge in [0.1, 0.15) is 6.54 Å². The molecule has 0 saturated carbocycles. The number of alkyl halides is 3. The van der Waals surface area contributed by atoms with Crippen LogP contribution in [0.2, 0.25) is 0 Å². The molecular formula is C29H32BrF3N3O2+. The summed E-state index contributed by atoms with van der Waals surface area (Å²) in [5.41, 5.74) is 1.60. The number of methoxy groups -OCH3 is 1. The smallest absolute Gasteiger partial charge is 0.416 e. The van der Waals surface area contributed by atoms with E-state index >= 15 is 0 Å². The number of aromatic nitrogens is 1. The van der Waals surface area contributed by atoms with Crippen molar-refractivity contribution >= 4 is 32.8 Å². The fourth-order valence-corrected chi connectivity index (χ4v) is 6.78. The second-order valence-corrected chi connectivity index (χ2v) is 11.2. The van der Waals surface area contributed by atoms with E-state index in [9.17, 15) is 18.0 Å². The highest BCUT2D eigenvalue weighted by Gasteiger charge is 2.41. The van der Waals surface area contributed by atoms with Crippen LogP contribution in [0.4, 0.5) is 13.2 Å². The molecule has 0 atom stereocenters. The van der Waals surface area contributed by atoms with Crippen molar-refractivity contribution in [3.8, 4) is 11.3 Å². The van der Waals surface area contributed by atoms with E-state index in [-0.39, 0.29) is 0 Å². The number of likely N-dealkylation sites (tertiary alicyclic amines) is 1. The van der Waals surface area contributed by atoms with Crippen molar-refractivity contribution in [2.45, 2.75) is 50.9 Å². The molecule has 2 fully saturated rings. The molecule has 3 heterocycles. The number of carbonyl (C=O) groups is 1. The fourth-order valence-electron chi connectivity index (χ4n) is 6.33. The molecule has 202 valence electrons. The van der Waals surface area contributed by atoms with Crippen molar-refractivity contribution < 1.29 is 27.2 Å². The summed E-state index contributed by atoms with van der Waals surface area (Å²) in [6, 6.07) is 11.2. The lowest BCUT2D eigenvalue weighted by Gasteiger charge is -2.49. The van der Waals surface area contributed by atoms with E-state index in [0.29, 0.717) is 50.3 Å². The van der Waals surface area contributed by atoms with Crippen LogP contribution in [0.5, 0.6) is 0 Å². The second kappa shape index (κ2) is 10.9. The summed E-state index contributed by atoms with van der Waals surface area (Å²) >= 11 is 3.55. The number of nitrogens with one attached hydrogen (secondary N) is 1. The first-order valence-electron chi connectivity index (χ1n) is 13.2. The topological polar surface area (TPSA) is 51.2 Å². The van der Waals surface area contributed by atoms with Gasteiger partial charge >= 0.3 is 12.1 Å². The summed E-state index contributed by atoms with van der Waals surface area (Å²) < 4.78 is 48.0. The van der Waals surface area contributed by atoms with Crippen LogP contribution in [0.1, 0.15) is 53.6 Å². The Kier molecular flexibility index (Phi) is 7.80. The molecule has 0 amide bonds. The molecule has 5 nitrogen and oxygen atoms in total. The SMILES string of the molecule is COC(=O)c1c(C[N+]2(C3CCNCC3)CCCCC2)c(-c2cccc(C(F)(F)F)c2)nc2c(Br)cccc12. The molecule has 2 aliphatic heterocycles. The van der Waals surface area contributed by atoms with Crippen LogP contribution in [0.3, 0.4) is 0 Å². The molecule has 3 aromatic rings. The van der Waals surface area contributed by atoms with Gasteiger partial charge in [0, 0.05) is 46.9 Å². The molecule has 1 N–H and O–H groups in total. The average molecular weight is 591 g/mol. The monoisotopic (exact) mass is 590 g/mol. The number of halogens is 4. The van der Waals surface area contributed by atoms with Crippen LogP contribution in [0.25, 0.3) is 22.2 Å². The molecule has 0 radical (unpaired) electrons. The van der Waals surface area contributed by atoms with Crippen molar-refractivity contribution in [1.29, 1.82) is 0 Å². The number of hydrogen-bond acceptors (Lipinski definition) is 4. The summed E-state index contributed by atoms with van der Waals surface area (Å²) in [7, 11) is 1.35. The molecule has 2 aliphatic rings. The number of fused-ring (bicyclic) bond motifs is 1. The van der Waals surface area contributed by atoms with Crippen molar-refractivity contribution in [3.63, 3.8) is 0 Å². The minimum absolute atomic E-state index is 0.345. The highest BCUT2D eigenvalue weighted by molar-refractivity contribution is 9.10. The summed E-state index contributed by atoms with van der Waals surface area (Å²) in [5, 5.41) is 4.09. The summed E-state index contributed by atoms with van der Waals surface area (Å²) in [6.45, 7) is 4.36. The number of rotatable bonds is 5. The van der Waals surface area contributed by atoms with E-state index in [1.54, 1.807) is 6.07 Å². The van der Waals surface area contributed by atoms with Gasteiger partial charge in [0.05, 0.1) is 48.6 Å². The number of quaternary nitrogens is 1. The minimum atomic E-state index is -4.49. The molecule has 0 unspecified atom stereocenters. The Hall–Kier alpha value is -2.49. The lowest BCUT2D eigenvalue weighted by Crippen LogP contribution is -2.60. The number of piperidine rings is 2. The van der Waals surface area contributed by atoms with Gasteiger partial charge in [-0.25, -0.2) is 9.78 Å². The Bertz CT molecular complexity index is 1330. The van der Waals surface area contributed by atoms with Gasteiger partial charge in [-0.2, -0.15) is 13.2 Å². The number of ether oxygens (including phenoxy) is 1. The maximum Gasteiger partial charge on any atom is 0.416 e. The maximum atomic E-state index is 13.7. The average Bonchev–Trinajstić information content (AvgIpc) is 2.93. The van der Waals surface area contributed by atoms with Crippen LogP contribution in [-0.4, -0.2) is 54.8 Å². The lowest BCUT2D eigenvalue weighted by atomic mass is 9.91. The largest absolute Gasteiger partial charge is 0.465 e. The van der Waals surface area contributed by atoms with E-state index in [4.69, 9.17) is 9.72 Å². The van der Waals surface area contributed by atoms with E-state index < -0.39 is 17.7 Å². The maximum absolute atomic E-state index is 13.7. The quantitative estimate of drug-likeness (QED) is 0.265. The first-order chi connectivity index (χ1) is 18.2. The molecule has 0 spiro atoms. The van der Waals surface area contributed by atoms with Gasteiger partial charge in [-0.15, -0.1) is 0 Å². The van der Waals surface area contributed by atoms with Gasteiger partial charge in [-0.1, -0.05) is 24.3 Å². The predicted molar refractivity (Wildman–Crippen MR) is 145 cm³/mol. The number of esters is 1. The van der Waals surface area contributed by atoms with E-state index in [1.165, 1.54) is 13.2 Å². The fraction of sp³-hybridized carbons (Fsp3) is 0.448. The zero-order valence-electron chi connectivity index (χ0n) is 21.4. The van der Waals surface area contributed by atoms with Crippen LogP contribution < -0.4 is 5.32 Å². The third-order valence-corrected chi connectivity index (χ3v) is 8.82. The predicted octanol–water partition coefficient (Wildman–Crippen LogP) is 6.72. The van der Waals surface area contributed by atoms with Gasteiger partial charge in [-0.3, -0.25) is 0 Å². The Morgan fingerprint density at radius 1 is 1.11 bits per heavy atom. The molecule has 5 rings (SSSR count). The van der Waals surface area contributed by atoms with Gasteiger partial charge in [0.25, 0.3) is 0 Å². The molecule has 2 saturated heterocycles. The van der Waals surface area contributed by atoms with Crippen molar-refractivity contribution in [2.24, 2.45) is 0 Å². The van der Waals surface area contributed by atoms with Crippen molar-refractivity contribution in [3.05, 3.63) is 63.6 Å². The normalized spacial score (nSPS) is 18.4. The second-order valence-electron chi connectivity index (χ2n) is 10.4. The molecule has 0 bridgehead atoms. The Morgan fingerprint density at radius 3 is 2.50 bits per heavy atom. The van der Waals surface area contributed by atoms with E-state index in [0.717, 1.165) is 74.9 Å². The standard InChI is InChI=1S/C29H32BrF3N3O2/c1-38-28(37)25-22-9-6-10-24(30)27(22)35-26(19-7-5-8-20(17-19)29(31,32)33)23(25)18-36(15-3-2-4-16-36)21-11-13-34-14-12-21/h5-10,17,21,34H,2-4,11-16,18H2,1H3/q+1. The Morgan fingerprint density at radius 2 is 1.82 bits per heavy atom. The summed E-state index contributed by atoms with van der Waals surface area (Å²) in [6.07, 6.45) is 0.899. The van der Waals surface area contributed by atoms with Crippen LogP contribution >= 0.6 is 15.9 Å². The molecule has 1 aromatic heterocycles. The Labute approximate surface area is 229 Å². The number of pyridine rings is 1. The Balaban J connectivity index is 1.78. The zero-order chi connectivity index (χ0) is 26.9. The third kappa shape index (κ3) is 5.20. The summed E-state index contributed by atoms with van der Waals surface area (Å²) in [5.74, 6) is -0.501. The van der Waals surface area contributed by atoms with Crippen LogP contribution in [0.15, 0.2) is 46.9 Å². The first-order valence-corrected chi connectivity index (χ1v) is 14.0. The number of hydrogen-bond donors (Lipinski definition) is 1. The van der Waals surface area contributed by atoms with Gasteiger partial charge in [0.15, 0.2) is 0 Å².